The van der Waals surface area contributed by atoms with Crippen LogP contribution >= 0.6 is 0 Å². The number of carbonyl (C=O) groups excluding carboxylic acids is 1. The number of hydrogen-bond acceptors (Lipinski definition) is 4. The average molecular weight is 604 g/mol. The molecule has 4 N–H and O–H groups in total. The predicted molar refractivity (Wildman–Crippen MR) is 177 cm³/mol. The first-order valence-corrected chi connectivity index (χ1v) is 15.6. The lowest BCUT2D eigenvalue weighted by atomic mass is 9.76. The largest absolute Gasteiger partial charge is 0.491 e. The summed E-state index contributed by atoms with van der Waals surface area (Å²) in [5.41, 5.74) is 9.73. The first-order valence-electron chi connectivity index (χ1n) is 15.6. The number of nitrogens with two attached hydrogens (primary N) is 1. The summed E-state index contributed by atoms with van der Waals surface area (Å²) in [7, 11) is 0. The van der Waals surface area contributed by atoms with Crippen LogP contribution in [0.25, 0.3) is 11.1 Å². The van der Waals surface area contributed by atoms with E-state index in [4.69, 9.17) is 15.9 Å². The van der Waals surface area contributed by atoms with Gasteiger partial charge in [0.15, 0.2) is 0 Å². The van der Waals surface area contributed by atoms with E-state index in [0.29, 0.717) is 37.3 Å². The van der Waals surface area contributed by atoms with Crippen molar-refractivity contribution in [2.24, 2.45) is 11.1 Å². The summed E-state index contributed by atoms with van der Waals surface area (Å²) in [6.07, 6.45) is 3.97. The van der Waals surface area contributed by atoms with Gasteiger partial charge in [0.05, 0.1) is 17.9 Å². The molecule has 0 aromatic heterocycles. The Morgan fingerprint density at radius 2 is 1.40 bits per heavy atom. The van der Waals surface area contributed by atoms with E-state index in [1.54, 1.807) is 0 Å². The van der Waals surface area contributed by atoms with Gasteiger partial charge in [-0.2, -0.15) is 0 Å². The molecule has 0 aliphatic carbocycles. The number of aliphatic carboxylic acids is 1. The Kier molecular flexibility index (Phi) is 10.3. The highest BCUT2D eigenvalue weighted by atomic mass is 16.5. The lowest BCUT2D eigenvalue weighted by molar-refractivity contribution is -0.147. The van der Waals surface area contributed by atoms with Crippen molar-refractivity contribution >= 4 is 17.7 Å². The maximum absolute atomic E-state index is 14.1. The number of amidine groups is 1. The van der Waals surface area contributed by atoms with Gasteiger partial charge in [-0.1, -0.05) is 97.1 Å². The third kappa shape index (κ3) is 8.18. The van der Waals surface area contributed by atoms with Crippen LogP contribution in [0.3, 0.4) is 0 Å². The van der Waals surface area contributed by atoms with Gasteiger partial charge in [0.2, 0.25) is 5.91 Å². The molecule has 0 bridgehead atoms. The van der Waals surface area contributed by atoms with Gasteiger partial charge in [0.1, 0.15) is 18.2 Å². The van der Waals surface area contributed by atoms with Gasteiger partial charge in [-0.3, -0.25) is 15.0 Å². The van der Waals surface area contributed by atoms with Gasteiger partial charge in [0, 0.05) is 12.1 Å². The van der Waals surface area contributed by atoms with Crippen LogP contribution in [0.1, 0.15) is 48.8 Å². The van der Waals surface area contributed by atoms with E-state index in [0.717, 1.165) is 36.8 Å². The number of carboxylic acids is 1. The Morgan fingerprint density at radius 1 is 0.844 bits per heavy atom. The van der Waals surface area contributed by atoms with Crippen molar-refractivity contribution in [1.82, 2.24) is 4.90 Å². The molecule has 7 nitrogen and oxygen atoms in total. The minimum Gasteiger partial charge on any atom is -0.491 e. The van der Waals surface area contributed by atoms with Crippen LogP contribution in [-0.2, 0) is 22.4 Å². The van der Waals surface area contributed by atoms with Crippen LogP contribution in [-0.4, -0.2) is 46.9 Å². The average Bonchev–Trinajstić information content (AvgIpc) is 3.30. The van der Waals surface area contributed by atoms with Crippen molar-refractivity contribution in [2.45, 2.75) is 51.0 Å². The second-order valence-corrected chi connectivity index (χ2v) is 12.0. The Bertz CT molecular complexity index is 1570. The van der Waals surface area contributed by atoms with Crippen molar-refractivity contribution in [3.05, 3.63) is 126 Å². The first-order chi connectivity index (χ1) is 21.8. The molecule has 0 radical (unpaired) electrons. The Labute approximate surface area is 265 Å². The maximum Gasteiger partial charge on any atom is 0.304 e. The highest BCUT2D eigenvalue weighted by Gasteiger charge is 2.52. The second-order valence-electron chi connectivity index (χ2n) is 12.0. The second kappa shape index (κ2) is 14.7. The van der Waals surface area contributed by atoms with Gasteiger partial charge < -0.3 is 20.5 Å². The number of nitrogens with one attached hydrogen (secondary N) is 1. The lowest BCUT2D eigenvalue weighted by Crippen LogP contribution is -2.40. The lowest BCUT2D eigenvalue weighted by Gasteiger charge is -2.27. The maximum atomic E-state index is 14.1. The minimum absolute atomic E-state index is 0.0355. The van der Waals surface area contributed by atoms with Gasteiger partial charge in [-0.15, -0.1) is 0 Å². The molecule has 7 heteroatoms. The molecule has 1 aliphatic heterocycles. The highest BCUT2D eigenvalue weighted by molar-refractivity contribution is 5.95. The molecule has 0 saturated carbocycles. The molecule has 0 spiro atoms. The van der Waals surface area contributed by atoms with E-state index >= 15 is 0 Å². The third-order valence-electron chi connectivity index (χ3n) is 8.77. The summed E-state index contributed by atoms with van der Waals surface area (Å²) >= 11 is 0. The van der Waals surface area contributed by atoms with Crippen LogP contribution in [0.2, 0.25) is 0 Å². The summed E-state index contributed by atoms with van der Waals surface area (Å²) in [5, 5.41) is 17.5. The van der Waals surface area contributed by atoms with Crippen molar-refractivity contribution in [3.8, 4) is 16.9 Å². The fourth-order valence-electron chi connectivity index (χ4n) is 6.44. The van der Waals surface area contributed by atoms with E-state index in [2.05, 4.69) is 24.3 Å². The topological polar surface area (TPSA) is 117 Å². The van der Waals surface area contributed by atoms with Gasteiger partial charge in [-0.05, 0) is 72.9 Å². The normalized spacial score (nSPS) is 17.7. The molecular formula is C38H41N3O4. The minimum atomic E-state index is -0.947. The van der Waals surface area contributed by atoms with E-state index in [1.807, 2.05) is 89.8 Å². The number of benzene rings is 4. The summed E-state index contributed by atoms with van der Waals surface area (Å²) < 4.78 is 6.26. The summed E-state index contributed by atoms with van der Waals surface area (Å²) in [5.74, 6) is -0.284. The van der Waals surface area contributed by atoms with Crippen LogP contribution < -0.4 is 10.5 Å². The fraction of sp³-hybridized carbons (Fsp3) is 0.289. The molecule has 4 aromatic rings. The molecule has 1 fully saturated rings. The number of rotatable bonds is 15. The van der Waals surface area contributed by atoms with Crippen LogP contribution in [0.5, 0.6) is 5.75 Å². The zero-order chi connectivity index (χ0) is 31.6. The van der Waals surface area contributed by atoms with E-state index in [1.165, 1.54) is 11.1 Å². The zero-order valence-corrected chi connectivity index (χ0v) is 25.5. The van der Waals surface area contributed by atoms with Crippen molar-refractivity contribution < 1.29 is 19.4 Å². The molecule has 1 heterocycles. The van der Waals surface area contributed by atoms with E-state index in [-0.39, 0.29) is 24.2 Å². The Balaban J connectivity index is 1.29. The predicted octanol–water partition coefficient (Wildman–Crippen LogP) is 6.73. The smallest absolute Gasteiger partial charge is 0.304 e. The molecule has 4 aromatic carbocycles. The summed E-state index contributed by atoms with van der Waals surface area (Å²) in [4.78, 5) is 28.1. The van der Waals surface area contributed by atoms with Crippen LogP contribution in [0, 0.1) is 10.8 Å². The molecule has 232 valence electrons. The number of amides is 1. The van der Waals surface area contributed by atoms with E-state index in [9.17, 15) is 14.7 Å². The number of nitrogen functional groups attached to an aromatic ring is 1. The van der Waals surface area contributed by atoms with Gasteiger partial charge >= 0.3 is 5.97 Å². The Hall–Kier alpha value is -4.91. The molecule has 1 aliphatic rings. The molecule has 45 heavy (non-hydrogen) atoms. The van der Waals surface area contributed by atoms with Gasteiger partial charge in [0.25, 0.3) is 0 Å². The monoisotopic (exact) mass is 603 g/mol. The SMILES string of the molecule is N=C(N)c1ccc(-c2ccc(OC[C@@H]3C[C@@](CCCc4ccccc4)(CC(=O)O)C(=O)N3CCCc3ccccc3)cc2)cc1. The number of likely N-dealkylation sites (tertiary alicyclic amines) is 1. The number of hydrogen-bond donors (Lipinski definition) is 3. The third-order valence-corrected chi connectivity index (χ3v) is 8.77. The van der Waals surface area contributed by atoms with Crippen LogP contribution in [0.15, 0.2) is 109 Å². The number of ether oxygens (including phenoxy) is 1. The molecule has 1 amide bonds. The fourth-order valence-corrected chi connectivity index (χ4v) is 6.44. The summed E-state index contributed by atoms with van der Waals surface area (Å²) in [6.45, 7) is 0.848. The number of aryl methyl sites for hydroxylation is 2. The van der Waals surface area contributed by atoms with Crippen molar-refractivity contribution in [1.29, 1.82) is 5.41 Å². The summed E-state index contributed by atoms with van der Waals surface area (Å²) in [6, 6.07) is 35.4. The molecular weight excluding hydrogens is 562 g/mol. The van der Waals surface area contributed by atoms with Gasteiger partial charge in [-0.25, -0.2) is 0 Å². The van der Waals surface area contributed by atoms with Crippen molar-refractivity contribution in [2.75, 3.05) is 13.2 Å². The quantitative estimate of drug-likeness (QED) is 0.103. The number of nitrogens with zero attached hydrogens (tertiary/aromatic N) is 1. The highest BCUT2D eigenvalue weighted by Crippen LogP contribution is 2.44. The number of carboxylic acid groups (broad SMARTS) is 1. The first kappa shape index (κ1) is 31.5. The van der Waals surface area contributed by atoms with Crippen LogP contribution in [0.4, 0.5) is 0 Å². The standard InChI is InChI=1S/C38H41N3O4/c39-36(40)32-17-15-30(16-18-32)31-19-21-34(22-20-31)45-27-33-25-38(26-35(42)43,23-7-13-28-9-3-1-4-10-28)37(44)41(33)24-8-14-29-11-5-2-6-12-29/h1-6,9-12,15-22,33H,7-8,13-14,23-27H2,(H3,39,40)(H,42,43)/t33-,38-/m0/s1. The van der Waals surface area contributed by atoms with E-state index < -0.39 is 11.4 Å². The molecule has 1 saturated heterocycles. The number of carbonyl (C=O) groups is 2. The molecule has 2 atom stereocenters. The Morgan fingerprint density at radius 3 is 1.96 bits per heavy atom. The van der Waals surface area contributed by atoms with Crippen molar-refractivity contribution in [3.63, 3.8) is 0 Å². The molecule has 5 rings (SSSR count). The zero-order valence-electron chi connectivity index (χ0n) is 25.5. The molecule has 0 unspecified atom stereocenters.